The maximum atomic E-state index is 5.47. The van der Waals surface area contributed by atoms with Gasteiger partial charge in [0.25, 0.3) is 0 Å². The third kappa shape index (κ3) is 2.07. The molecule has 0 aromatic carbocycles. The zero-order valence-corrected chi connectivity index (χ0v) is 10.1. The van der Waals surface area contributed by atoms with Gasteiger partial charge in [-0.15, -0.1) is 0 Å². The summed E-state index contributed by atoms with van der Waals surface area (Å²) in [4.78, 5) is 10.9. The van der Waals surface area contributed by atoms with Gasteiger partial charge >= 0.3 is 0 Å². The highest BCUT2D eigenvalue weighted by Gasteiger charge is 2.17. The van der Waals surface area contributed by atoms with Gasteiger partial charge in [-0.05, 0) is 6.07 Å². The number of nitrogen functional groups attached to an aromatic ring is 1. The number of hydrogen-bond acceptors (Lipinski definition) is 5. The van der Waals surface area contributed by atoms with Crippen LogP contribution in [0.4, 0.5) is 5.82 Å². The Bertz CT molecular complexity index is 535. The summed E-state index contributed by atoms with van der Waals surface area (Å²) in [7, 11) is 0. The number of rotatable bonds is 3. The van der Waals surface area contributed by atoms with E-state index in [1.54, 1.807) is 6.20 Å². The van der Waals surface area contributed by atoms with Crippen LogP contribution in [0, 0.1) is 0 Å². The summed E-state index contributed by atoms with van der Waals surface area (Å²) in [6, 6.07) is 3.98. The zero-order valence-electron chi connectivity index (χ0n) is 10.1. The van der Waals surface area contributed by atoms with E-state index in [1.165, 1.54) is 0 Å². The number of pyridine rings is 1. The third-order valence-corrected chi connectivity index (χ3v) is 3.25. The van der Waals surface area contributed by atoms with E-state index in [-0.39, 0.29) is 0 Å². The summed E-state index contributed by atoms with van der Waals surface area (Å²) >= 11 is 0. The van der Waals surface area contributed by atoms with Crippen molar-refractivity contribution in [1.82, 2.24) is 19.4 Å². The lowest BCUT2D eigenvalue weighted by Crippen LogP contribution is -2.33. The number of nitrogens with one attached hydrogen (secondary N) is 1. The molecule has 0 atom stereocenters. The molecule has 0 saturated carbocycles. The summed E-state index contributed by atoms with van der Waals surface area (Å²) in [5.41, 5.74) is 3.75. The lowest BCUT2D eigenvalue weighted by atomic mass is 10.2. The summed E-state index contributed by atoms with van der Waals surface area (Å²) in [5, 5.41) is 0. The van der Waals surface area contributed by atoms with Crippen LogP contribution in [-0.4, -0.2) is 26.0 Å². The minimum absolute atomic E-state index is 0.742. The first-order chi connectivity index (χ1) is 8.86. The monoisotopic (exact) mass is 244 g/mol. The second-order valence-corrected chi connectivity index (χ2v) is 4.40. The second kappa shape index (κ2) is 4.75. The molecule has 0 spiro atoms. The molecule has 0 unspecified atom stereocenters. The van der Waals surface area contributed by atoms with E-state index in [2.05, 4.69) is 24.9 Å². The summed E-state index contributed by atoms with van der Waals surface area (Å²) in [5.74, 6) is 7.33. The fourth-order valence-electron chi connectivity index (χ4n) is 2.30. The summed E-state index contributed by atoms with van der Waals surface area (Å²) in [6.07, 6.45) is 5.63. The van der Waals surface area contributed by atoms with Crippen molar-refractivity contribution in [2.45, 2.75) is 19.6 Å². The van der Waals surface area contributed by atoms with Crippen LogP contribution in [0.5, 0.6) is 0 Å². The molecule has 2 aromatic rings. The number of nitrogens with zero attached hydrogens (tertiary/aromatic N) is 4. The van der Waals surface area contributed by atoms with Crippen LogP contribution in [0.2, 0.25) is 0 Å². The molecule has 6 heteroatoms. The first-order valence-corrected chi connectivity index (χ1v) is 5.99. The van der Waals surface area contributed by atoms with Crippen molar-refractivity contribution in [2.75, 3.05) is 12.0 Å². The van der Waals surface area contributed by atoms with Gasteiger partial charge in [-0.25, -0.2) is 15.8 Å². The summed E-state index contributed by atoms with van der Waals surface area (Å²) in [6.45, 7) is 3.70. The molecule has 0 fully saturated rings. The molecule has 3 N–H and O–H groups in total. The molecule has 3 rings (SSSR count). The number of hydrogen-bond donors (Lipinski definition) is 2. The van der Waals surface area contributed by atoms with E-state index in [9.17, 15) is 0 Å². The quantitative estimate of drug-likeness (QED) is 0.610. The molecule has 1 aliphatic rings. The minimum Gasteiger partial charge on any atom is -0.333 e. The van der Waals surface area contributed by atoms with Gasteiger partial charge in [0.05, 0.1) is 6.54 Å². The predicted molar refractivity (Wildman–Crippen MR) is 68.4 cm³/mol. The second-order valence-electron chi connectivity index (χ2n) is 4.40. The molecule has 0 radical (unpaired) electrons. The fraction of sp³-hybridized carbons (Fsp3) is 0.333. The van der Waals surface area contributed by atoms with Gasteiger partial charge in [0.1, 0.15) is 11.6 Å². The topological polar surface area (TPSA) is 72.0 Å². The van der Waals surface area contributed by atoms with Crippen molar-refractivity contribution in [3.8, 4) is 0 Å². The average molecular weight is 244 g/mol. The van der Waals surface area contributed by atoms with E-state index in [0.29, 0.717) is 0 Å². The highest BCUT2D eigenvalue weighted by atomic mass is 15.3. The molecule has 2 aromatic heterocycles. The Morgan fingerprint density at radius 1 is 1.28 bits per heavy atom. The number of nitrogens with two attached hydrogens (primary N) is 1. The van der Waals surface area contributed by atoms with Crippen LogP contribution in [0.3, 0.4) is 0 Å². The number of anilines is 1. The largest absolute Gasteiger partial charge is 0.333 e. The summed E-state index contributed by atoms with van der Waals surface area (Å²) < 4.78 is 2.20. The van der Waals surface area contributed by atoms with Crippen molar-refractivity contribution in [3.63, 3.8) is 0 Å². The Morgan fingerprint density at radius 3 is 3.11 bits per heavy atom. The lowest BCUT2D eigenvalue weighted by Gasteiger charge is -2.27. The van der Waals surface area contributed by atoms with Gasteiger partial charge in [0.15, 0.2) is 0 Å². The molecule has 1 aliphatic heterocycles. The van der Waals surface area contributed by atoms with E-state index in [4.69, 9.17) is 5.84 Å². The Kier molecular flexibility index (Phi) is 2.95. The highest BCUT2D eigenvalue weighted by molar-refractivity contribution is 5.42. The van der Waals surface area contributed by atoms with Crippen molar-refractivity contribution < 1.29 is 0 Å². The number of imidazole rings is 1. The Hall–Kier alpha value is -1.92. The van der Waals surface area contributed by atoms with Crippen molar-refractivity contribution in [2.24, 2.45) is 5.84 Å². The molecule has 94 valence electrons. The molecule has 0 saturated heterocycles. The van der Waals surface area contributed by atoms with Crippen LogP contribution >= 0.6 is 0 Å². The number of aromatic nitrogens is 3. The van der Waals surface area contributed by atoms with Crippen LogP contribution < -0.4 is 11.3 Å². The first-order valence-electron chi connectivity index (χ1n) is 5.99. The van der Waals surface area contributed by atoms with Gasteiger partial charge in [-0.2, -0.15) is 0 Å². The molecule has 0 amide bonds. The van der Waals surface area contributed by atoms with E-state index in [1.807, 2.05) is 24.5 Å². The van der Waals surface area contributed by atoms with E-state index >= 15 is 0 Å². The fourth-order valence-corrected chi connectivity index (χ4v) is 2.30. The zero-order chi connectivity index (χ0) is 12.4. The Balaban J connectivity index is 1.74. The van der Waals surface area contributed by atoms with Gasteiger partial charge < -0.3 is 9.99 Å². The van der Waals surface area contributed by atoms with Gasteiger partial charge in [-0.3, -0.25) is 4.90 Å². The molecule has 18 heavy (non-hydrogen) atoms. The van der Waals surface area contributed by atoms with Gasteiger partial charge in [-0.1, -0.05) is 6.07 Å². The van der Waals surface area contributed by atoms with Crippen LogP contribution in [0.15, 0.2) is 30.7 Å². The van der Waals surface area contributed by atoms with Gasteiger partial charge in [0, 0.05) is 43.8 Å². The first kappa shape index (κ1) is 11.2. The Labute approximate surface area is 105 Å². The standard InChI is InChI=1S/C12H16N6/c13-16-12-10(2-1-3-15-12)8-17-6-7-18-5-4-14-11(18)9-17/h1-5H,6-9,13H2,(H,15,16). The van der Waals surface area contributed by atoms with Crippen molar-refractivity contribution >= 4 is 5.82 Å². The molecule has 6 nitrogen and oxygen atoms in total. The molecule has 0 bridgehead atoms. The van der Waals surface area contributed by atoms with Gasteiger partial charge in [0.2, 0.25) is 0 Å². The maximum Gasteiger partial charge on any atom is 0.144 e. The third-order valence-electron chi connectivity index (χ3n) is 3.25. The van der Waals surface area contributed by atoms with Crippen molar-refractivity contribution in [1.29, 1.82) is 0 Å². The molecular weight excluding hydrogens is 228 g/mol. The molecular formula is C12H16N6. The number of fused-ring (bicyclic) bond motifs is 1. The normalized spacial score (nSPS) is 15.4. The SMILES string of the molecule is NNc1ncccc1CN1CCn2ccnc2C1. The van der Waals surface area contributed by atoms with Crippen LogP contribution in [-0.2, 0) is 19.6 Å². The van der Waals surface area contributed by atoms with Crippen LogP contribution in [0.1, 0.15) is 11.4 Å². The molecule has 3 heterocycles. The van der Waals surface area contributed by atoms with Crippen LogP contribution in [0.25, 0.3) is 0 Å². The predicted octanol–water partition coefficient (Wildman–Crippen LogP) is 0.579. The van der Waals surface area contributed by atoms with Crippen molar-refractivity contribution in [3.05, 3.63) is 42.1 Å². The highest BCUT2D eigenvalue weighted by Crippen LogP contribution is 2.17. The number of hydrazine groups is 1. The maximum absolute atomic E-state index is 5.47. The van der Waals surface area contributed by atoms with E-state index in [0.717, 1.165) is 43.4 Å². The minimum atomic E-state index is 0.742. The average Bonchev–Trinajstić information content (AvgIpc) is 2.87. The lowest BCUT2D eigenvalue weighted by molar-refractivity contribution is 0.209. The molecule has 0 aliphatic carbocycles. The Morgan fingerprint density at radius 2 is 2.22 bits per heavy atom. The smallest absolute Gasteiger partial charge is 0.144 e. The van der Waals surface area contributed by atoms with E-state index < -0.39 is 0 Å².